The molecule has 0 aliphatic carbocycles. The number of benzene rings is 2. The average molecular weight is 454 g/mol. The molecule has 1 aliphatic heterocycles. The highest BCUT2D eigenvalue weighted by atomic mass is 16.5. The number of amidine groups is 1. The van der Waals surface area contributed by atoms with Gasteiger partial charge in [0, 0.05) is 12.4 Å². The second-order valence-corrected chi connectivity index (χ2v) is 7.59. The molecule has 2 aromatic carbocycles. The van der Waals surface area contributed by atoms with Crippen LogP contribution in [-0.2, 0) is 11.2 Å². The molecule has 2 heterocycles. The van der Waals surface area contributed by atoms with Gasteiger partial charge >= 0.3 is 0 Å². The summed E-state index contributed by atoms with van der Waals surface area (Å²) in [5.41, 5.74) is 8.17. The number of methoxy groups -OCH3 is 1. The Morgan fingerprint density at radius 2 is 1.94 bits per heavy atom. The number of ether oxygens (including phenoxy) is 1. The summed E-state index contributed by atoms with van der Waals surface area (Å²) in [6.07, 6.45) is 1.87. The smallest absolute Gasteiger partial charge is 0.250 e. The Morgan fingerprint density at radius 1 is 1.21 bits per heavy atom. The molecule has 4 rings (SSSR count). The predicted octanol–water partition coefficient (Wildman–Crippen LogP) is 2.09. The number of hydrogen-bond acceptors (Lipinski definition) is 8. The topological polar surface area (TPSA) is 138 Å². The summed E-state index contributed by atoms with van der Waals surface area (Å²) in [5, 5.41) is 28.6. The van der Waals surface area contributed by atoms with Gasteiger partial charge in [0.25, 0.3) is 5.91 Å². The van der Waals surface area contributed by atoms with Crippen LogP contribution in [0.5, 0.6) is 5.75 Å². The summed E-state index contributed by atoms with van der Waals surface area (Å²) in [4.78, 5) is 18.1. The molecule has 0 fully saturated rings. The Bertz CT molecular complexity index is 1260. The highest BCUT2D eigenvalue weighted by Gasteiger charge is 2.36. The highest BCUT2D eigenvalue weighted by molar-refractivity contribution is 6.02. The third kappa shape index (κ3) is 4.62. The van der Waals surface area contributed by atoms with Crippen LogP contribution in [0.4, 0.5) is 0 Å². The van der Waals surface area contributed by atoms with Crippen LogP contribution in [0.25, 0.3) is 0 Å². The zero-order chi connectivity index (χ0) is 24.1. The molecule has 1 unspecified atom stereocenters. The van der Waals surface area contributed by atoms with E-state index in [1.165, 1.54) is 12.4 Å². The van der Waals surface area contributed by atoms with Gasteiger partial charge in [0.15, 0.2) is 12.1 Å². The Labute approximate surface area is 196 Å². The number of nitrogens with zero attached hydrogens (tertiary/aromatic N) is 5. The van der Waals surface area contributed by atoms with Gasteiger partial charge in [-0.1, -0.05) is 24.3 Å². The first-order valence-corrected chi connectivity index (χ1v) is 10.5. The molecule has 1 amide bonds. The maximum Gasteiger partial charge on any atom is 0.250 e. The SMILES string of the molecule is COc1ccc(CC(c2ccc(C#N)cc2)N2C(c3cccnn3)=NC=C(C(N)=O)[C@@H]2O)cc1. The second-order valence-electron chi connectivity index (χ2n) is 7.59. The molecular formula is C25H22N6O3. The van der Waals surface area contributed by atoms with E-state index in [1.807, 2.05) is 36.4 Å². The third-order valence-electron chi connectivity index (χ3n) is 5.55. The zero-order valence-corrected chi connectivity index (χ0v) is 18.4. The molecule has 1 aliphatic rings. The summed E-state index contributed by atoms with van der Waals surface area (Å²) < 4.78 is 5.26. The number of carbonyl (C=O) groups excluding carboxylic acids is 1. The number of nitriles is 1. The van der Waals surface area contributed by atoms with Crippen LogP contribution in [0.3, 0.4) is 0 Å². The fraction of sp³-hybridized carbons (Fsp3) is 0.160. The average Bonchev–Trinajstić information content (AvgIpc) is 2.88. The normalized spacial score (nSPS) is 16.1. The van der Waals surface area contributed by atoms with Crippen molar-refractivity contribution in [3.05, 3.63) is 101 Å². The van der Waals surface area contributed by atoms with Gasteiger partial charge in [-0.05, 0) is 53.9 Å². The van der Waals surface area contributed by atoms with Gasteiger partial charge in [0.05, 0.1) is 30.4 Å². The van der Waals surface area contributed by atoms with Gasteiger partial charge in [-0.15, -0.1) is 5.10 Å². The van der Waals surface area contributed by atoms with E-state index in [2.05, 4.69) is 21.3 Å². The molecule has 3 aromatic rings. The van der Waals surface area contributed by atoms with Gasteiger partial charge in [-0.25, -0.2) is 4.99 Å². The lowest BCUT2D eigenvalue weighted by atomic mass is 9.94. The van der Waals surface area contributed by atoms with Crippen LogP contribution in [0, 0.1) is 11.3 Å². The van der Waals surface area contributed by atoms with Crippen molar-refractivity contribution in [1.29, 1.82) is 5.26 Å². The van der Waals surface area contributed by atoms with Crippen molar-refractivity contribution in [2.24, 2.45) is 10.7 Å². The Morgan fingerprint density at radius 3 is 2.53 bits per heavy atom. The molecule has 0 radical (unpaired) electrons. The minimum atomic E-state index is -1.37. The van der Waals surface area contributed by atoms with Crippen molar-refractivity contribution in [1.82, 2.24) is 15.1 Å². The fourth-order valence-electron chi connectivity index (χ4n) is 3.80. The van der Waals surface area contributed by atoms with E-state index in [0.717, 1.165) is 16.9 Å². The van der Waals surface area contributed by atoms with Crippen LogP contribution in [0.2, 0.25) is 0 Å². The lowest BCUT2D eigenvalue weighted by Gasteiger charge is -2.40. The lowest BCUT2D eigenvalue weighted by molar-refractivity contribution is -0.116. The number of aliphatic imine (C=N–C) groups is 1. The molecule has 3 N–H and O–H groups in total. The minimum absolute atomic E-state index is 0.0407. The number of amides is 1. The summed E-state index contributed by atoms with van der Waals surface area (Å²) in [6.45, 7) is 0. The summed E-state index contributed by atoms with van der Waals surface area (Å²) in [6, 6.07) is 19.7. The number of rotatable bonds is 7. The van der Waals surface area contributed by atoms with Crippen molar-refractivity contribution >= 4 is 11.7 Å². The third-order valence-corrected chi connectivity index (χ3v) is 5.55. The van der Waals surface area contributed by atoms with E-state index in [0.29, 0.717) is 23.5 Å². The number of primary amides is 1. The standard InChI is InChI=1S/C25H22N6O3/c1-34-19-10-6-16(7-11-19)13-22(18-8-4-17(14-26)5-9-18)31-24(21-3-2-12-29-30-21)28-15-20(23(27)32)25(31)33/h2-12,15,22,25,33H,13H2,1H3,(H2,27,32)/t22?,25-/m0/s1. The van der Waals surface area contributed by atoms with Crippen molar-refractivity contribution in [3.63, 3.8) is 0 Å². The molecule has 0 saturated carbocycles. The summed E-state index contributed by atoms with van der Waals surface area (Å²) in [7, 11) is 1.60. The van der Waals surface area contributed by atoms with E-state index in [4.69, 9.17) is 10.5 Å². The quantitative estimate of drug-likeness (QED) is 0.557. The number of hydrogen-bond donors (Lipinski definition) is 2. The van der Waals surface area contributed by atoms with Gasteiger partial charge in [-0.2, -0.15) is 10.4 Å². The molecule has 0 spiro atoms. The number of aliphatic hydroxyl groups excluding tert-OH is 1. The van der Waals surface area contributed by atoms with Gasteiger partial charge in [0.1, 0.15) is 11.4 Å². The highest BCUT2D eigenvalue weighted by Crippen LogP contribution is 2.33. The van der Waals surface area contributed by atoms with Crippen LogP contribution in [-0.4, -0.2) is 45.3 Å². The zero-order valence-electron chi connectivity index (χ0n) is 18.4. The van der Waals surface area contributed by atoms with Crippen molar-refractivity contribution < 1.29 is 14.6 Å². The van der Waals surface area contributed by atoms with Crippen LogP contribution in [0.15, 0.2) is 83.6 Å². The van der Waals surface area contributed by atoms with Gasteiger partial charge in [0.2, 0.25) is 0 Å². The van der Waals surface area contributed by atoms with E-state index >= 15 is 0 Å². The fourth-order valence-corrected chi connectivity index (χ4v) is 3.80. The Kier molecular flexibility index (Phi) is 6.62. The maximum atomic E-state index is 12.0. The second kappa shape index (κ2) is 9.94. The van der Waals surface area contributed by atoms with E-state index in [1.54, 1.807) is 36.3 Å². The molecule has 34 heavy (non-hydrogen) atoms. The summed E-state index contributed by atoms with van der Waals surface area (Å²) in [5.74, 6) is 0.286. The van der Waals surface area contributed by atoms with Gasteiger partial charge < -0.3 is 20.5 Å². The Hall–Kier alpha value is -4.55. The first kappa shape index (κ1) is 22.6. The van der Waals surface area contributed by atoms with Crippen molar-refractivity contribution in [2.45, 2.75) is 18.7 Å². The number of aromatic nitrogens is 2. The maximum absolute atomic E-state index is 12.0. The molecule has 0 bridgehead atoms. The molecule has 9 heteroatoms. The largest absolute Gasteiger partial charge is 0.497 e. The van der Waals surface area contributed by atoms with E-state index < -0.39 is 18.2 Å². The molecule has 0 saturated heterocycles. The monoisotopic (exact) mass is 454 g/mol. The van der Waals surface area contributed by atoms with Crippen molar-refractivity contribution in [2.75, 3.05) is 7.11 Å². The lowest BCUT2D eigenvalue weighted by Crippen LogP contribution is -2.49. The Balaban J connectivity index is 1.83. The molecule has 9 nitrogen and oxygen atoms in total. The van der Waals surface area contributed by atoms with E-state index in [9.17, 15) is 15.2 Å². The first-order valence-electron chi connectivity index (χ1n) is 10.5. The van der Waals surface area contributed by atoms with Crippen LogP contribution >= 0.6 is 0 Å². The predicted molar refractivity (Wildman–Crippen MR) is 124 cm³/mol. The molecule has 2 atom stereocenters. The minimum Gasteiger partial charge on any atom is -0.497 e. The number of aliphatic hydroxyl groups is 1. The number of carbonyl (C=O) groups is 1. The van der Waals surface area contributed by atoms with Crippen LogP contribution < -0.4 is 10.5 Å². The van der Waals surface area contributed by atoms with Gasteiger partial charge in [-0.3, -0.25) is 4.79 Å². The summed E-state index contributed by atoms with van der Waals surface area (Å²) >= 11 is 0. The van der Waals surface area contributed by atoms with Crippen molar-refractivity contribution in [3.8, 4) is 11.8 Å². The molecule has 1 aromatic heterocycles. The number of nitrogens with two attached hydrogens (primary N) is 1. The van der Waals surface area contributed by atoms with Crippen LogP contribution in [0.1, 0.15) is 28.4 Å². The van der Waals surface area contributed by atoms with E-state index in [-0.39, 0.29) is 5.57 Å². The molecular weight excluding hydrogens is 432 g/mol. The first-order chi connectivity index (χ1) is 16.5. The molecule has 170 valence electrons.